The molecule has 1 aromatic carbocycles. The van der Waals surface area contributed by atoms with Gasteiger partial charge in [0.05, 0.1) is 39.0 Å². The van der Waals surface area contributed by atoms with Gasteiger partial charge in [0, 0.05) is 6.42 Å². The number of nitrogens with zero attached hydrogens (tertiary/aromatic N) is 5. The number of benzene rings is 1. The molecule has 1 aliphatic rings. The van der Waals surface area contributed by atoms with Crippen molar-refractivity contribution in [3.8, 4) is 0 Å². The molecule has 4 rings (SSSR count). The van der Waals surface area contributed by atoms with Gasteiger partial charge in [-0.05, 0) is 46.7 Å². The molecule has 164 valence electrons. The van der Waals surface area contributed by atoms with Crippen molar-refractivity contribution in [1.29, 1.82) is 0 Å². The van der Waals surface area contributed by atoms with E-state index in [2.05, 4.69) is 22.4 Å². The molecule has 9 heteroatoms. The summed E-state index contributed by atoms with van der Waals surface area (Å²) in [6, 6.07) is 10.0. The molecule has 1 atom stereocenters. The number of nitrogens with one attached hydrogen (secondary N) is 1. The summed E-state index contributed by atoms with van der Waals surface area (Å²) in [5.41, 5.74) is 0.952. The quantitative estimate of drug-likeness (QED) is 0.592. The highest BCUT2D eigenvalue weighted by Gasteiger charge is 2.34. The van der Waals surface area contributed by atoms with Crippen LogP contribution in [0.25, 0.3) is 0 Å². The van der Waals surface area contributed by atoms with Crippen LogP contribution in [-0.2, 0) is 6.54 Å². The van der Waals surface area contributed by atoms with Crippen molar-refractivity contribution in [3.05, 3.63) is 65.6 Å². The molecule has 0 aliphatic carbocycles. The van der Waals surface area contributed by atoms with Gasteiger partial charge < -0.3 is 14.2 Å². The van der Waals surface area contributed by atoms with Crippen LogP contribution in [0.5, 0.6) is 0 Å². The number of piperazine rings is 1. The lowest BCUT2D eigenvalue weighted by atomic mass is 10.1. The van der Waals surface area contributed by atoms with Crippen molar-refractivity contribution in [2.24, 2.45) is 0 Å². The zero-order valence-corrected chi connectivity index (χ0v) is 17.7. The van der Waals surface area contributed by atoms with E-state index >= 15 is 0 Å². The highest BCUT2D eigenvalue weighted by atomic mass is 19.1. The van der Waals surface area contributed by atoms with Gasteiger partial charge in [-0.3, -0.25) is 4.79 Å². The molecule has 8 nitrogen and oxygen atoms in total. The second kappa shape index (κ2) is 9.82. The van der Waals surface area contributed by atoms with Gasteiger partial charge >= 0.3 is 0 Å². The number of quaternary nitrogens is 1. The molecule has 1 aliphatic heterocycles. The fourth-order valence-corrected chi connectivity index (χ4v) is 4.16. The molecule has 1 N–H and O–H groups in total. The summed E-state index contributed by atoms with van der Waals surface area (Å²) >= 11 is 0. The molecule has 0 bridgehead atoms. The standard InChI is InChI=1S/C22H27FN6O2/c1-2-3-5-19(21-24-25-26-29(21)16-17-7-9-18(23)10-8-17)27-11-13-28(14-12-27)22(30)20-6-4-15-31-20/h4,6-10,15,19H,2-3,5,11-14,16H2,1H3/p+1/t19-/m1/s1. The van der Waals surface area contributed by atoms with Gasteiger partial charge in [0.15, 0.2) is 5.76 Å². The molecule has 3 heterocycles. The third-order valence-corrected chi connectivity index (χ3v) is 5.88. The SMILES string of the molecule is CCCC[C@H](c1nnnn1Cc1ccc(F)cc1)[NH+]1CCN(C(=O)c2ccco2)CC1. The first kappa shape index (κ1) is 21.2. The Bertz CT molecular complexity index is 964. The maximum absolute atomic E-state index is 13.2. The van der Waals surface area contributed by atoms with E-state index in [1.54, 1.807) is 24.3 Å². The number of aromatic nitrogens is 4. The van der Waals surface area contributed by atoms with Crippen molar-refractivity contribution in [3.63, 3.8) is 0 Å². The number of halogens is 1. The summed E-state index contributed by atoms with van der Waals surface area (Å²) in [5, 5.41) is 12.5. The molecule has 0 radical (unpaired) electrons. The third kappa shape index (κ3) is 4.99. The Morgan fingerprint density at radius 3 is 2.68 bits per heavy atom. The Morgan fingerprint density at radius 2 is 2.00 bits per heavy atom. The van der Waals surface area contributed by atoms with Crippen molar-refractivity contribution in [1.82, 2.24) is 25.1 Å². The Hall–Kier alpha value is -3.07. The maximum atomic E-state index is 13.2. The van der Waals surface area contributed by atoms with Crippen LogP contribution in [0.3, 0.4) is 0 Å². The molecule has 31 heavy (non-hydrogen) atoms. The molecule has 0 unspecified atom stereocenters. The van der Waals surface area contributed by atoms with Crippen molar-refractivity contribution < 1.29 is 18.5 Å². The van der Waals surface area contributed by atoms with E-state index in [-0.39, 0.29) is 17.8 Å². The summed E-state index contributed by atoms with van der Waals surface area (Å²) in [6.07, 6.45) is 4.66. The minimum absolute atomic E-state index is 0.0599. The largest absolute Gasteiger partial charge is 0.459 e. The lowest BCUT2D eigenvalue weighted by molar-refractivity contribution is -0.936. The molecule has 0 saturated carbocycles. The summed E-state index contributed by atoms with van der Waals surface area (Å²) in [7, 11) is 0. The predicted octanol–water partition coefficient (Wildman–Crippen LogP) is 1.73. The van der Waals surface area contributed by atoms with Gasteiger partial charge in [0.2, 0.25) is 5.82 Å². The van der Waals surface area contributed by atoms with Crippen molar-refractivity contribution in [2.45, 2.75) is 38.8 Å². The molecule has 1 saturated heterocycles. The van der Waals surface area contributed by atoms with Gasteiger partial charge in [-0.1, -0.05) is 25.5 Å². The third-order valence-electron chi connectivity index (χ3n) is 5.88. The Kier molecular flexibility index (Phi) is 6.71. The van der Waals surface area contributed by atoms with Crippen LogP contribution in [0.2, 0.25) is 0 Å². The number of furan rings is 1. The highest BCUT2D eigenvalue weighted by Crippen LogP contribution is 2.16. The van der Waals surface area contributed by atoms with Crippen LogP contribution >= 0.6 is 0 Å². The molecular formula is C22H28FN6O2+. The minimum atomic E-state index is -0.257. The average molecular weight is 428 g/mol. The predicted molar refractivity (Wildman–Crippen MR) is 111 cm³/mol. The lowest BCUT2D eigenvalue weighted by Gasteiger charge is -2.35. The fourth-order valence-electron chi connectivity index (χ4n) is 4.16. The van der Waals surface area contributed by atoms with Gasteiger partial charge in [-0.2, -0.15) is 0 Å². The second-order valence-corrected chi connectivity index (χ2v) is 7.94. The fraction of sp³-hybridized carbons (Fsp3) is 0.455. The minimum Gasteiger partial charge on any atom is -0.459 e. The van der Waals surface area contributed by atoms with Crippen LogP contribution in [0.1, 0.15) is 54.2 Å². The van der Waals surface area contributed by atoms with E-state index in [9.17, 15) is 9.18 Å². The maximum Gasteiger partial charge on any atom is 0.289 e. The van der Waals surface area contributed by atoms with E-state index in [0.717, 1.165) is 43.7 Å². The summed E-state index contributed by atoms with van der Waals surface area (Å²) < 4.78 is 20.3. The number of tetrazole rings is 1. The highest BCUT2D eigenvalue weighted by molar-refractivity contribution is 5.91. The van der Waals surface area contributed by atoms with E-state index in [1.165, 1.54) is 23.3 Å². The van der Waals surface area contributed by atoms with Crippen LogP contribution in [-0.4, -0.2) is 57.2 Å². The van der Waals surface area contributed by atoms with Gasteiger partial charge in [0.1, 0.15) is 11.9 Å². The van der Waals surface area contributed by atoms with E-state index in [1.807, 2.05) is 9.58 Å². The summed E-state index contributed by atoms with van der Waals surface area (Å²) in [5.74, 6) is 0.913. The molecular weight excluding hydrogens is 399 g/mol. The summed E-state index contributed by atoms with van der Waals surface area (Å²) in [6.45, 7) is 5.65. The zero-order valence-electron chi connectivity index (χ0n) is 17.7. The second-order valence-electron chi connectivity index (χ2n) is 7.94. The zero-order chi connectivity index (χ0) is 21.6. The number of amides is 1. The normalized spacial score (nSPS) is 15.9. The van der Waals surface area contributed by atoms with Crippen LogP contribution in [0, 0.1) is 5.82 Å². The number of hydrogen-bond donors (Lipinski definition) is 1. The topological polar surface area (TPSA) is 81.5 Å². The Balaban J connectivity index is 1.46. The van der Waals surface area contributed by atoms with Crippen LogP contribution in [0.4, 0.5) is 4.39 Å². The Morgan fingerprint density at radius 1 is 1.23 bits per heavy atom. The van der Waals surface area contributed by atoms with Crippen molar-refractivity contribution >= 4 is 5.91 Å². The number of hydrogen-bond acceptors (Lipinski definition) is 5. The van der Waals surface area contributed by atoms with Crippen LogP contribution in [0.15, 0.2) is 47.1 Å². The molecule has 1 amide bonds. The first-order chi connectivity index (χ1) is 15.2. The average Bonchev–Trinajstić information content (AvgIpc) is 3.48. The lowest BCUT2D eigenvalue weighted by Crippen LogP contribution is -3.15. The number of rotatable bonds is 8. The number of carbonyl (C=O) groups excluding carboxylic acids is 1. The first-order valence-corrected chi connectivity index (χ1v) is 10.8. The van der Waals surface area contributed by atoms with Crippen molar-refractivity contribution in [2.75, 3.05) is 26.2 Å². The Labute approximate surface area is 180 Å². The molecule has 3 aromatic rings. The molecule has 1 fully saturated rings. The molecule has 0 spiro atoms. The first-order valence-electron chi connectivity index (χ1n) is 10.8. The smallest absolute Gasteiger partial charge is 0.289 e. The van der Waals surface area contributed by atoms with E-state index < -0.39 is 0 Å². The monoisotopic (exact) mass is 427 g/mol. The summed E-state index contributed by atoms with van der Waals surface area (Å²) in [4.78, 5) is 15.8. The van der Waals surface area contributed by atoms with Gasteiger partial charge in [-0.15, -0.1) is 5.10 Å². The van der Waals surface area contributed by atoms with E-state index in [0.29, 0.717) is 25.4 Å². The number of carbonyl (C=O) groups is 1. The number of unbranched alkanes of at least 4 members (excludes halogenated alkanes) is 1. The van der Waals surface area contributed by atoms with Gasteiger partial charge in [-0.25, -0.2) is 9.07 Å². The molecule has 2 aromatic heterocycles. The van der Waals surface area contributed by atoms with E-state index in [4.69, 9.17) is 4.42 Å². The van der Waals surface area contributed by atoms with Crippen LogP contribution < -0.4 is 4.90 Å². The van der Waals surface area contributed by atoms with Gasteiger partial charge in [0.25, 0.3) is 5.91 Å².